The van der Waals surface area contributed by atoms with E-state index in [-0.39, 0.29) is 18.2 Å². The first kappa shape index (κ1) is 16.0. The molecule has 1 amide bonds. The summed E-state index contributed by atoms with van der Waals surface area (Å²) >= 11 is 0. The molecule has 0 radical (unpaired) electrons. The Kier molecular flexibility index (Phi) is 5.36. The molecule has 1 fully saturated rings. The Morgan fingerprint density at radius 2 is 1.79 bits per heavy atom. The molecule has 0 aromatic carbocycles. The Balaban J connectivity index is 2.75. The number of hydrogen-bond donors (Lipinski definition) is 0. The number of hydrogen-bond acceptors (Lipinski definition) is 4. The van der Waals surface area contributed by atoms with E-state index in [1.165, 1.54) is 4.90 Å². The van der Waals surface area contributed by atoms with Crippen LogP contribution in [0.25, 0.3) is 0 Å². The minimum absolute atomic E-state index is 0.0588. The van der Waals surface area contributed by atoms with Crippen molar-refractivity contribution in [2.24, 2.45) is 5.41 Å². The van der Waals surface area contributed by atoms with Gasteiger partial charge in [0.1, 0.15) is 15.3 Å². The topological polar surface area (TPSA) is 78.2 Å². The van der Waals surface area contributed by atoms with Crippen molar-refractivity contribution >= 4 is 15.7 Å². The van der Waals surface area contributed by atoms with Gasteiger partial charge in [-0.3, -0.25) is 4.79 Å². The summed E-state index contributed by atoms with van der Waals surface area (Å²) in [6, 6.07) is 2.19. The van der Waals surface area contributed by atoms with Crippen LogP contribution in [0.1, 0.15) is 38.5 Å². The van der Waals surface area contributed by atoms with E-state index in [1.54, 1.807) is 7.05 Å². The smallest absolute Gasteiger partial charge is 0.242 e. The van der Waals surface area contributed by atoms with Crippen LogP contribution in [-0.4, -0.2) is 44.8 Å². The van der Waals surface area contributed by atoms with Crippen molar-refractivity contribution in [3.05, 3.63) is 0 Å². The molecular formula is C13H22N2O3S. The first-order valence-electron chi connectivity index (χ1n) is 6.65. The second-order valence-electron chi connectivity index (χ2n) is 5.46. The van der Waals surface area contributed by atoms with Crippen molar-refractivity contribution in [3.8, 4) is 6.07 Å². The fourth-order valence-corrected chi connectivity index (χ4v) is 3.08. The van der Waals surface area contributed by atoms with Crippen LogP contribution in [0.4, 0.5) is 0 Å². The van der Waals surface area contributed by atoms with E-state index in [1.807, 2.05) is 0 Å². The molecule has 108 valence electrons. The van der Waals surface area contributed by atoms with Gasteiger partial charge in [0.2, 0.25) is 5.91 Å². The van der Waals surface area contributed by atoms with Gasteiger partial charge in [0, 0.05) is 19.8 Å². The quantitative estimate of drug-likeness (QED) is 0.731. The maximum atomic E-state index is 12.4. The fraction of sp³-hybridized carbons (Fsp3) is 0.846. The summed E-state index contributed by atoms with van der Waals surface area (Å²) in [5.74, 6) is -0.280. The first-order chi connectivity index (χ1) is 8.81. The Morgan fingerprint density at radius 3 is 2.21 bits per heavy atom. The number of nitriles is 1. The maximum Gasteiger partial charge on any atom is 0.242 e. The highest BCUT2D eigenvalue weighted by atomic mass is 32.2. The van der Waals surface area contributed by atoms with Crippen molar-refractivity contribution in [2.45, 2.75) is 38.5 Å². The van der Waals surface area contributed by atoms with E-state index in [0.717, 1.165) is 31.9 Å². The van der Waals surface area contributed by atoms with Gasteiger partial charge in [-0.2, -0.15) is 5.26 Å². The van der Waals surface area contributed by atoms with E-state index in [0.29, 0.717) is 12.8 Å². The second-order valence-corrected chi connectivity index (χ2v) is 7.72. The summed E-state index contributed by atoms with van der Waals surface area (Å²) in [5, 5.41) is 9.40. The summed E-state index contributed by atoms with van der Waals surface area (Å²) in [4.78, 5) is 13.8. The largest absolute Gasteiger partial charge is 0.343 e. The lowest BCUT2D eigenvalue weighted by Gasteiger charge is -2.29. The van der Waals surface area contributed by atoms with Crippen LogP contribution in [0.3, 0.4) is 0 Å². The molecule has 1 rings (SSSR count). The van der Waals surface area contributed by atoms with Gasteiger partial charge in [-0.1, -0.05) is 25.7 Å². The predicted octanol–water partition coefficient (Wildman–Crippen LogP) is 1.35. The normalized spacial score (nSPS) is 19.2. The van der Waals surface area contributed by atoms with Crippen LogP contribution in [0.5, 0.6) is 0 Å². The third-order valence-electron chi connectivity index (χ3n) is 3.72. The molecule has 0 aromatic rings. The van der Waals surface area contributed by atoms with Crippen LogP contribution >= 0.6 is 0 Å². The maximum absolute atomic E-state index is 12.4. The third kappa shape index (κ3) is 4.50. The van der Waals surface area contributed by atoms with Gasteiger partial charge in [0.05, 0.1) is 11.8 Å². The molecule has 0 aromatic heterocycles. The van der Waals surface area contributed by atoms with Gasteiger partial charge in [0.25, 0.3) is 0 Å². The van der Waals surface area contributed by atoms with Crippen molar-refractivity contribution in [3.63, 3.8) is 0 Å². The van der Waals surface area contributed by atoms with Crippen LogP contribution in [0.2, 0.25) is 0 Å². The molecule has 0 N–H and O–H groups in total. The lowest BCUT2D eigenvalue weighted by molar-refractivity contribution is -0.138. The molecule has 19 heavy (non-hydrogen) atoms. The van der Waals surface area contributed by atoms with Gasteiger partial charge in [-0.05, 0) is 12.8 Å². The summed E-state index contributed by atoms with van der Waals surface area (Å²) in [6.45, 7) is 0.154. The molecule has 5 nitrogen and oxygen atoms in total. The van der Waals surface area contributed by atoms with E-state index in [4.69, 9.17) is 0 Å². The molecule has 1 saturated carbocycles. The van der Waals surface area contributed by atoms with E-state index < -0.39 is 15.3 Å². The van der Waals surface area contributed by atoms with Crippen molar-refractivity contribution < 1.29 is 13.2 Å². The van der Waals surface area contributed by atoms with Crippen molar-refractivity contribution in [2.75, 3.05) is 25.6 Å². The number of rotatable bonds is 4. The molecule has 0 heterocycles. The standard InChI is InChI=1S/C13H22N2O3S/c1-15(9-10-19(2,17)18)12(16)13(11-14)7-5-3-4-6-8-13/h3-10H2,1-2H3. The van der Waals surface area contributed by atoms with Crippen LogP contribution < -0.4 is 0 Å². The Hall–Kier alpha value is -1.09. The van der Waals surface area contributed by atoms with Gasteiger partial charge < -0.3 is 4.90 Å². The van der Waals surface area contributed by atoms with Crippen LogP contribution in [-0.2, 0) is 14.6 Å². The Morgan fingerprint density at radius 1 is 1.26 bits per heavy atom. The summed E-state index contributed by atoms with van der Waals surface area (Å²) in [6.07, 6.45) is 6.22. The molecule has 0 unspecified atom stereocenters. The Bertz CT molecular complexity index is 457. The summed E-state index contributed by atoms with van der Waals surface area (Å²) in [5.41, 5.74) is -0.942. The van der Waals surface area contributed by atoms with Gasteiger partial charge >= 0.3 is 0 Å². The van der Waals surface area contributed by atoms with E-state index in [2.05, 4.69) is 6.07 Å². The van der Waals surface area contributed by atoms with E-state index >= 15 is 0 Å². The van der Waals surface area contributed by atoms with Crippen molar-refractivity contribution in [1.82, 2.24) is 4.90 Å². The fourth-order valence-electron chi connectivity index (χ4n) is 2.48. The average Bonchev–Trinajstić information content (AvgIpc) is 2.60. The Labute approximate surface area is 115 Å². The van der Waals surface area contributed by atoms with Gasteiger partial charge in [0.15, 0.2) is 0 Å². The molecule has 1 aliphatic carbocycles. The third-order valence-corrected chi connectivity index (χ3v) is 4.65. The van der Waals surface area contributed by atoms with Crippen molar-refractivity contribution in [1.29, 1.82) is 5.26 Å². The molecule has 0 spiro atoms. The van der Waals surface area contributed by atoms with Gasteiger partial charge in [-0.15, -0.1) is 0 Å². The molecule has 0 aliphatic heterocycles. The highest BCUT2D eigenvalue weighted by Gasteiger charge is 2.40. The lowest BCUT2D eigenvalue weighted by Crippen LogP contribution is -2.42. The van der Waals surface area contributed by atoms with E-state index in [9.17, 15) is 18.5 Å². The highest BCUT2D eigenvalue weighted by molar-refractivity contribution is 7.90. The number of sulfone groups is 1. The predicted molar refractivity (Wildman–Crippen MR) is 73.1 cm³/mol. The number of carbonyl (C=O) groups excluding carboxylic acids is 1. The molecule has 6 heteroatoms. The lowest BCUT2D eigenvalue weighted by atomic mass is 9.80. The highest BCUT2D eigenvalue weighted by Crippen LogP contribution is 2.36. The summed E-state index contributed by atoms with van der Waals surface area (Å²) in [7, 11) is -1.51. The molecule has 0 saturated heterocycles. The van der Waals surface area contributed by atoms with Crippen LogP contribution in [0.15, 0.2) is 0 Å². The minimum atomic E-state index is -3.09. The zero-order valence-corrected chi connectivity index (χ0v) is 12.5. The SMILES string of the molecule is CN(CCS(C)(=O)=O)C(=O)C1(C#N)CCCCCC1. The molecular weight excluding hydrogens is 264 g/mol. The molecule has 0 atom stereocenters. The number of carbonyl (C=O) groups is 1. The molecule has 1 aliphatic rings. The summed E-state index contributed by atoms with van der Waals surface area (Å²) < 4.78 is 22.3. The monoisotopic (exact) mass is 286 g/mol. The zero-order chi connectivity index (χ0) is 14.5. The first-order valence-corrected chi connectivity index (χ1v) is 8.71. The number of nitrogens with zero attached hydrogens (tertiary/aromatic N) is 2. The second kappa shape index (κ2) is 6.38. The average molecular weight is 286 g/mol. The minimum Gasteiger partial charge on any atom is -0.343 e. The zero-order valence-electron chi connectivity index (χ0n) is 11.7. The van der Waals surface area contributed by atoms with Gasteiger partial charge in [-0.25, -0.2) is 8.42 Å². The number of amides is 1. The molecule has 0 bridgehead atoms. The van der Waals surface area contributed by atoms with Crippen LogP contribution in [0, 0.1) is 16.7 Å².